The van der Waals surface area contributed by atoms with E-state index in [9.17, 15) is 18.0 Å². The van der Waals surface area contributed by atoms with Crippen molar-refractivity contribution in [1.29, 1.82) is 0 Å². The quantitative estimate of drug-likeness (QED) is 0.256. The van der Waals surface area contributed by atoms with E-state index in [1.54, 1.807) is 31.2 Å². The summed E-state index contributed by atoms with van der Waals surface area (Å²) in [5, 5.41) is 2.84. The molecule has 2 amide bonds. The number of benzene rings is 3. The number of rotatable bonds is 14. The van der Waals surface area contributed by atoms with Crippen LogP contribution in [0.2, 0.25) is 0 Å². The van der Waals surface area contributed by atoms with Crippen molar-refractivity contribution in [1.82, 2.24) is 10.2 Å². The first kappa shape index (κ1) is 33.7. The minimum atomic E-state index is -4.31. The van der Waals surface area contributed by atoms with E-state index >= 15 is 0 Å². The van der Waals surface area contributed by atoms with Crippen LogP contribution < -0.4 is 23.8 Å². The van der Waals surface area contributed by atoms with Crippen molar-refractivity contribution in [3.8, 4) is 17.2 Å². The summed E-state index contributed by atoms with van der Waals surface area (Å²) in [5.74, 6) is 0.216. The van der Waals surface area contributed by atoms with Gasteiger partial charge in [0.15, 0.2) is 11.5 Å². The first-order valence-electron chi connectivity index (χ1n) is 13.7. The second kappa shape index (κ2) is 15.1. The zero-order valence-corrected chi connectivity index (χ0v) is 27.6. The highest BCUT2D eigenvalue weighted by atomic mass is 79.9. The summed E-state index contributed by atoms with van der Waals surface area (Å²) < 4.78 is 46.3. The van der Waals surface area contributed by atoms with Crippen LogP contribution >= 0.6 is 15.9 Å². The van der Waals surface area contributed by atoms with Crippen LogP contribution in [-0.4, -0.2) is 64.6 Å². The number of carbonyl (C=O) groups excluding carboxylic acids is 2. The average Bonchev–Trinajstić information content (AvgIpc) is 2.98. The number of hydrogen-bond acceptors (Lipinski definition) is 7. The van der Waals surface area contributed by atoms with Gasteiger partial charge in [0.25, 0.3) is 10.0 Å². The molecule has 0 bridgehead atoms. The van der Waals surface area contributed by atoms with Gasteiger partial charge in [-0.05, 0) is 81.8 Å². The molecule has 1 atom stereocenters. The molecule has 3 rings (SSSR count). The standard InChI is InChI=1S/C31H38BrN3O7S/c1-7-42-26-14-12-25(13-15-26)35(43(38,39)27-16-17-28(40-5)29(18-27)41-6)20-30(36)34(22(4)31(37)33-21(2)3)19-23-8-10-24(32)11-9-23/h8-18,21-22H,7,19-20H2,1-6H3,(H,33,37). The molecule has 0 fully saturated rings. The Morgan fingerprint density at radius 1 is 0.907 bits per heavy atom. The fraction of sp³-hybridized carbons (Fsp3) is 0.355. The lowest BCUT2D eigenvalue weighted by Crippen LogP contribution is -2.52. The fourth-order valence-corrected chi connectivity index (χ4v) is 5.98. The number of halogens is 1. The van der Waals surface area contributed by atoms with Gasteiger partial charge in [-0.2, -0.15) is 0 Å². The van der Waals surface area contributed by atoms with E-state index in [0.29, 0.717) is 18.1 Å². The molecule has 0 heterocycles. The van der Waals surface area contributed by atoms with E-state index in [0.717, 1.165) is 14.3 Å². The molecule has 0 radical (unpaired) electrons. The number of sulfonamides is 1. The van der Waals surface area contributed by atoms with Crippen molar-refractivity contribution in [3.05, 3.63) is 76.8 Å². The molecule has 0 saturated heterocycles. The van der Waals surface area contributed by atoms with Gasteiger partial charge in [0.05, 0.1) is 31.4 Å². The third-order valence-electron chi connectivity index (χ3n) is 6.52. The lowest BCUT2D eigenvalue weighted by atomic mass is 10.1. The lowest BCUT2D eigenvalue weighted by Gasteiger charge is -2.32. The normalized spacial score (nSPS) is 11.9. The minimum absolute atomic E-state index is 0.0896. The van der Waals surface area contributed by atoms with E-state index in [-0.39, 0.29) is 34.8 Å². The summed E-state index contributed by atoms with van der Waals surface area (Å²) in [7, 11) is -1.45. The number of ether oxygens (including phenoxy) is 3. The molecular weight excluding hydrogens is 638 g/mol. The number of carbonyl (C=O) groups is 2. The summed E-state index contributed by atoms with van der Waals surface area (Å²) in [4.78, 5) is 28.4. The highest BCUT2D eigenvalue weighted by molar-refractivity contribution is 9.10. The van der Waals surface area contributed by atoms with E-state index in [1.807, 2.05) is 45.0 Å². The van der Waals surface area contributed by atoms with Crippen LogP contribution in [0.4, 0.5) is 5.69 Å². The molecule has 0 aliphatic heterocycles. The van der Waals surface area contributed by atoms with Gasteiger partial charge in [-0.1, -0.05) is 28.1 Å². The number of nitrogens with zero attached hydrogens (tertiary/aromatic N) is 2. The largest absolute Gasteiger partial charge is 0.494 e. The zero-order chi connectivity index (χ0) is 31.7. The number of amides is 2. The molecule has 0 saturated carbocycles. The molecule has 12 heteroatoms. The molecule has 10 nitrogen and oxygen atoms in total. The van der Waals surface area contributed by atoms with Crippen LogP contribution in [0, 0.1) is 0 Å². The van der Waals surface area contributed by atoms with Crippen LogP contribution in [0.3, 0.4) is 0 Å². The minimum Gasteiger partial charge on any atom is -0.494 e. The Morgan fingerprint density at radius 2 is 1.53 bits per heavy atom. The van der Waals surface area contributed by atoms with Crippen LogP contribution in [0.5, 0.6) is 17.2 Å². The van der Waals surface area contributed by atoms with Gasteiger partial charge < -0.3 is 24.4 Å². The Labute approximate surface area is 262 Å². The summed E-state index contributed by atoms with van der Waals surface area (Å²) in [6.07, 6.45) is 0. The predicted molar refractivity (Wildman–Crippen MR) is 169 cm³/mol. The molecule has 0 aromatic heterocycles. The van der Waals surface area contributed by atoms with Crippen LogP contribution in [-0.2, 0) is 26.2 Å². The summed E-state index contributed by atoms with van der Waals surface area (Å²) in [6.45, 7) is 7.08. The second-order valence-corrected chi connectivity index (χ2v) is 12.7. The maximum atomic E-state index is 14.2. The zero-order valence-electron chi connectivity index (χ0n) is 25.2. The van der Waals surface area contributed by atoms with Crippen LogP contribution in [0.1, 0.15) is 33.3 Å². The summed E-state index contributed by atoms with van der Waals surface area (Å²) in [5.41, 5.74) is 1.02. The van der Waals surface area contributed by atoms with Crippen molar-refractivity contribution in [2.24, 2.45) is 0 Å². The van der Waals surface area contributed by atoms with E-state index in [4.69, 9.17) is 14.2 Å². The third-order valence-corrected chi connectivity index (χ3v) is 8.82. The van der Waals surface area contributed by atoms with Crippen molar-refractivity contribution < 1.29 is 32.2 Å². The molecule has 43 heavy (non-hydrogen) atoms. The number of anilines is 1. The van der Waals surface area contributed by atoms with Gasteiger partial charge in [0.1, 0.15) is 18.3 Å². The summed E-state index contributed by atoms with van der Waals surface area (Å²) in [6, 6.07) is 17.0. The van der Waals surface area contributed by atoms with E-state index < -0.39 is 28.5 Å². The number of nitrogens with one attached hydrogen (secondary N) is 1. The maximum absolute atomic E-state index is 14.2. The highest BCUT2D eigenvalue weighted by Crippen LogP contribution is 2.33. The van der Waals surface area contributed by atoms with Gasteiger partial charge in [0, 0.05) is 23.1 Å². The smallest absolute Gasteiger partial charge is 0.264 e. The first-order chi connectivity index (χ1) is 20.4. The molecule has 232 valence electrons. The third kappa shape index (κ3) is 8.64. The van der Waals surface area contributed by atoms with Crippen LogP contribution in [0.15, 0.2) is 76.1 Å². The van der Waals surface area contributed by atoms with Gasteiger partial charge in [-0.3, -0.25) is 13.9 Å². The highest BCUT2D eigenvalue weighted by Gasteiger charge is 2.33. The molecule has 0 aliphatic rings. The molecule has 3 aromatic carbocycles. The Bertz CT molecular complexity index is 1500. The summed E-state index contributed by atoms with van der Waals surface area (Å²) >= 11 is 3.41. The van der Waals surface area contributed by atoms with Crippen LogP contribution in [0.25, 0.3) is 0 Å². The van der Waals surface area contributed by atoms with Gasteiger partial charge in [-0.15, -0.1) is 0 Å². The number of methoxy groups -OCH3 is 2. The molecule has 0 aliphatic carbocycles. The van der Waals surface area contributed by atoms with Crippen molar-refractivity contribution in [2.45, 2.75) is 51.2 Å². The molecule has 0 spiro atoms. The Balaban J connectivity index is 2.08. The van der Waals surface area contributed by atoms with Gasteiger partial charge in [0.2, 0.25) is 11.8 Å². The van der Waals surface area contributed by atoms with Gasteiger partial charge >= 0.3 is 0 Å². The second-order valence-electron chi connectivity index (χ2n) is 9.94. The Hall–Kier alpha value is -3.77. The topological polar surface area (TPSA) is 114 Å². The Kier molecular flexibility index (Phi) is 11.8. The predicted octanol–water partition coefficient (Wildman–Crippen LogP) is 5.00. The number of hydrogen-bond donors (Lipinski definition) is 1. The fourth-order valence-electron chi connectivity index (χ4n) is 4.28. The monoisotopic (exact) mass is 675 g/mol. The molecular formula is C31H38BrN3O7S. The van der Waals surface area contributed by atoms with Crippen molar-refractivity contribution in [3.63, 3.8) is 0 Å². The SMILES string of the molecule is CCOc1ccc(N(CC(=O)N(Cc2ccc(Br)cc2)C(C)C(=O)NC(C)C)S(=O)(=O)c2ccc(OC)c(OC)c2)cc1. The van der Waals surface area contributed by atoms with E-state index in [1.165, 1.54) is 37.3 Å². The van der Waals surface area contributed by atoms with E-state index in [2.05, 4.69) is 21.2 Å². The molecule has 1 unspecified atom stereocenters. The van der Waals surface area contributed by atoms with Gasteiger partial charge in [-0.25, -0.2) is 8.42 Å². The van der Waals surface area contributed by atoms with Crippen molar-refractivity contribution in [2.75, 3.05) is 31.7 Å². The van der Waals surface area contributed by atoms with Crippen molar-refractivity contribution >= 4 is 43.5 Å². The first-order valence-corrected chi connectivity index (χ1v) is 16.0. The lowest BCUT2D eigenvalue weighted by molar-refractivity contribution is -0.139. The maximum Gasteiger partial charge on any atom is 0.264 e. The Morgan fingerprint density at radius 3 is 2.09 bits per heavy atom. The average molecular weight is 677 g/mol. The molecule has 3 aromatic rings. The molecule has 1 N–H and O–H groups in total.